The first kappa shape index (κ1) is 10.4. The standard InChI is InChI=1S/C10H18O/c1-3-4-5-6-7-8-9-10(2)11/h7-8H,3-6,9H2,1-2H3/b8-7-. The Bertz CT molecular complexity index is 125. The van der Waals surface area contributed by atoms with Crippen molar-refractivity contribution in [1.29, 1.82) is 0 Å². The van der Waals surface area contributed by atoms with E-state index < -0.39 is 0 Å². The minimum absolute atomic E-state index is 0.247. The number of hydrogen-bond acceptors (Lipinski definition) is 1. The van der Waals surface area contributed by atoms with Crippen molar-refractivity contribution in [3.05, 3.63) is 12.2 Å². The molecule has 0 aromatic carbocycles. The molecule has 0 aliphatic rings. The van der Waals surface area contributed by atoms with E-state index in [4.69, 9.17) is 0 Å². The van der Waals surface area contributed by atoms with Gasteiger partial charge in [-0.2, -0.15) is 0 Å². The molecule has 0 saturated carbocycles. The molecule has 0 unspecified atom stereocenters. The number of hydrogen-bond donors (Lipinski definition) is 0. The van der Waals surface area contributed by atoms with E-state index in [0.29, 0.717) is 6.42 Å². The second-order valence-corrected chi connectivity index (χ2v) is 2.87. The fraction of sp³-hybridized carbons (Fsp3) is 0.700. The van der Waals surface area contributed by atoms with Gasteiger partial charge < -0.3 is 0 Å². The first-order valence-corrected chi connectivity index (χ1v) is 4.41. The van der Waals surface area contributed by atoms with E-state index in [-0.39, 0.29) is 5.78 Å². The fourth-order valence-corrected chi connectivity index (χ4v) is 0.879. The van der Waals surface area contributed by atoms with Crippen LogP contribution in [-0.4, -0.2) is 5.78 Å². The molecule has 0 saturated heterocycles. The Labute approximate surface area is 69.5 Å². The summed E-state index contributed by atoms with van der Waals surface area (Å²) >= 11 is 0. The highest BCUT2D eigenvalue weighted by atomic mass is 16.1. The lowest BCUT2D eigenvalue weighted by atomic mass is 10.2. The summed E-state index contributed by atoms with van der Waals surface area (Å²) in [5.74, 6) is 0.247. The van der Waals surface area contributed by atoms with Crippen LogP contribution in [0.1, 0.15) is 46.0 Å². The van der Waals surface area contributed by atoms with Gasteiger partial charge in [0.15, 0.2) is 0 Å². The monoisotopic (exact) mass is 154 g/mol. The van der Waals surface area contributed by atoms with Crippen molar-refractivity contribution in [2.24, 2.45) is 0 Å². The summed E-state index contributed by atoms with van der Waals surface area (Å²) in [5.41, 5.74) is 0. The minimum atomic E-state index is 0.247. The normalized spacial score (nSPS) is 10.7. The van der Waals surface area contributed by atoms with Crippen molar-refractivity contribution in [2.45, 2.75) is 46.0 Å². The summed E-state index contributed by atoms with van der Waals surface area (Å²) in [6.07, 6.45) is 9.62. The van der Waals surface area contributed by atoms with Crippen LogP contribution in [0.3, 0.4) is 0 Å². The largest absolute Gasteiger partial charge is 0.300 e. The highest BCUT2D eigenvalue weighted by Crippen LogP contribution is 1.99. The summed E-state index contributed by atoms with van der Waals surface area (Å²) in [6.45, 7) is 3.82. The van der Waals surface area contributed by atoms with Crippen LogP contribution in [0.25, 0.3) is 0 Å². The van der Waals surface area contributed by atoms with E-state index in [1.165, 1.54) is 19.3 Å². The first-order chi connectivity index (χ1) is 5.27. The van der Waals surface area contributed by atoms with Crippen LogP contribution in [-0.2, 0) is 4.79 Å². The maximum absolute atomic E-state index is 10.5. The Morgan fingerprint density at radius 3 is 2.55 bits per heavy atom. The number of ketones is 1. The summed E-state index contributed by atoms with van der Waals surface area (Å²) in [7, 11) is 0. The zero-order chi connectivity index (χ0) is 8.53. The third kappa shape index (κ3) is 9.41. The molecular formula is C10H18O. The Morgan fingerprint density at radius 1 is 1.27 bits per heavy atom. The van der Waals surface area contributed by atoms with Crippen molar-refractivity contribution < 1.29 is 4.79 Å². The Morgan fingerprint density at radius 2 is 2.00 bits per heavy atom. The molecule has 1 nitrogen and oxygen atoms in total. The SMILES string of the molecule is CCCCC/C=C\CC(C)=O. The van der Waals surface area contributed by atoms with Crippen LogP contribution >= 0.6 is 0 Å². The summed E-state index contributed by atoms with van der Waals surface area (Å²) < 4.78 is 0. The van der Waals surface area contributed by atoms with Gasteiger partial charge in [-0.05, 0) is 19.8 Å². The molecule has 0 rings (SSSR count). The average molecular weight is 154 g/mol. The van der Waals surface area contributed by atoms with Gasteiger partial charge >= 0.3 is 0 Å². The molecule has 0 aromatic heterocycles. The molecule has 1 heteroatoms. The fourth-order valence-electron chi connectivity index (χ4n) is 0.879. The van der Waals surface area contributed by atoms with Crippen LogP contribution in [0.4, 0.5) is 0 Å². The number of carbonyl (C=O) groups excluding carboxylic acids is 1. The van der Waals surface area contributed by atoms with Crippen molar-refractivity contribution in [2.75, 3.05) is 0 Å². The number of allylic oxidation sites excluding steroid dienone is 2. The van der Waals surface area contributed by atoms with E-state index in [1.807, 2.05) is 6.08 Å². The molecule has 0 N–H and O–H groups in total. The summed E-state index contributed by atoms with van der Waals surface area (Å²) in [5, 5.41) is 0. The topological polar surface area (TPSA) is 17.1 Å². The third-order valence-corrected chi connectivity index (χ3v) is 1.55. The maximum atomic E-state index is 10.5. The van der Waals surface area contributed by atoms with Gasteiger partial charge in [0.2, 0.25) is 0 Å². The molecule has 0 heterocycles. The Hall–Kier alpha value is -0.590. The highest BCUT2D eigenvalue weighted by molar-refractivity contribution is 5.76. The van der Waals surface area contributed by atoms with Crippen molar-refractivity contribution >= 4 is 5.78 Å². The van der Waals surface area contributed by atoms with Crippen LogP contribution < -0.4 is 0 Å². The van der Waals surface area contributed by atoms with E-state index in [9.17, 15) is 4.79 Å². The van der Waals surface area contributed by atoms with Gasteiger partial charge in [0.25, 0.3) is 0 Å². The van der Waals surface area contributed by atoms with Gasteiger partial charge in [0.1, 0.15) is 5.78 Å². The second kappa shape index (κ2) is 7.52. The van der Waals surface area contributed by atoms with E-state index >= 15 is 0 Å². The smallest absolute Gasteiger partial charge is 0.133 e. The maximum Gasteiger partial charge on any atom is 0.133 e. The number of carbonyl (C=O) groups is 1. The third-order valence-electron chi connectivity index (χ3n) is 1.55. The van der Waals surface area contributed by atoms with E-state index in [0.717, 1.165) is 6.42 Å². The molecule has 11 heavy (non-hydrogen) atoms. The van der Waals surface area contributed by atoms with Crippen LogP contribution in [0.15, 0.2) is 12.2 Å². The lowest BCUT2D eigenvalue weighted by Crippen LogP contribution is -1.83. The molecule has 0 amide bonds. The van der Waals surface area contributed by atoms with Gasteiger partial charge in [0, 0.05) is 6.42 Å². The average Bonchev–Trinajstić information content (AvgIpc) is 1.96. The van der Waals surface area contributed by atoms with Crippen molar-refractivity contribution in [1.82, 2.24) is 0 Å². The van der Waals surface area contributed by atoms with Crippen molar-refractivity contribution in [3.8, 4) is 0 Å². The number of rotatable bonds is 6. The minimum Gasteiger partial charge on any atom is -0.300 e. The number of Topliss-reactive ketones (excluding diaryl/α,β-unsaturated/α-hetero) is 1. The zero-order valence-corrected chi connectivity index (χ0v) is 7.60. The molecule has 0 radical (unpaired) electrons. The zero-order valence-electron chi connectivity index (χ0n) is 7.60. The van der Waals surface area contributed by atoms with Gasteiger partial charge in [-0.1, -0.05) is 31.9 Å². The van der Waals surface area contributed by atoms with Gasteiger partial charge in [-0.25, -0.2) is 0 Å². The predicted molar refractivity (Wildman–Crippen MR) is 48.6 cm³/mol. The molecular weight excluding hydrogens is 136 g/mol. The van der Waals surface area contributed by atoms with Gasteiger partial charge in [0.05, 0.1) is 0 Å². The van der Waals surface area contributed by atoms with Crippen molar-refractivity contribution in [3.63, 3.8) is 0 Å². The van der Waals surface area contributed by atoms with Crippen LogP contribution in [0.5, 0.6) is 0 Å². The van der Waals surface area contributed by atoms with Crippen LogP contribution in [0.2, 0.25) is 0 Å². The molecule has 0 spiro atoms. The first-order valence-electron chi connectivity index (χ1n) is 4.41. The van der Waals surface area contributed by atoms with Crippen LogP contribution in [0, 0.1) is 0 Å². The summed E-state index contributed by atoms with van der Waals surface area (Å²) in [6, 6.07) is 0. The molecule has 0 aliphatic carbocycles. The molecule has 0 aliphatic heterocycles. The molecule has 0 bridgehead atoms. The summed E-state index contributed by atoms with van der Waals surface area (Å²) in [4.78, 5) is 10.5. The molecule has 0 atom stereocenters. The second-order valence-electron chi connectivity index (χ2n) is 2.87. The Balaban J connectivity index is 3.10. The molecule has 0 fully saturated rings. The number of unbranched alkanes of at least 4 members (excludes halogenated alkanes) is 3. The lowest BCUT2D eigenvalue weighted by molar-refractivity contribution is -0.116. The van der Waals surface area contributed by atoms with Gasteiger partial charge in [-0.15, -0.1) is 0 Å². The molecule has 64 valence electrons. The lowest BCUT2D eigenvalue weighted by Gasteiger charge is -1.90. The molecule has 0 aromatic rings. The quantitative estimate of drug-likeness (QED) is 0.424. The predicted octanol–water partition coefficient (Wildman–Crippen LogP) is 3.10. The van der Waals surface area contributed by atoms with Gasteiger partial charge in [-0.3, -0.25) is 4.79 Å². The van der Waals surface area contributed by atoms with E-state index in [1.54, 1.807) is 6.92 Å². The van der Waals surface area contributed by atoms with E-state index in [2.05, 4.69) is 13.0 Å². The Kier molecular flexibility index (Phi) is 7.11. The highest BCUT2D eigenvalue weighted by Gasteiger charge is 1.85.